The molecule has 0 aromatic rings. The van der Waals surface area contributed by atoms with Gasteiger partial charge in [-0.2, -0.15) is 0 Å². The second-order valence-corrected chi connectivity index (χ2v) is 5.11. The van der Waals surface area contributed by atoms with E-state index in [-0.39, 0.29) is 5.92 Å². The van der Waals surface area contributed by atoms with Crippen LogP contribution in [0.1, 0.15) is 33.1 Å². The molecular formula is C13H27N3O3. The fourth-order valence-electron chi connectivity index (χ4n) is 1.63. The summed E-state index contributed by atoms with van der Waals surface area (Å²) in [6, 6.07) is -1.23. The van der Waals surface area contributed by atoms with Crippen molar-refractivity contribution in [2.75, 3.05) is 27.2 Å². The van der Waals surface area contributed by atoms with Crippen LogP contribution in [0.25, 0.3) is 0 Å². The van der Waals surface area contributed by atoms with Crippen molar-refractivity contribution in [2.45, 2.75) is 39.2 Å². The summed E-state index contributed by atoms with van der Waals surface area (Å²) in [6.07, 6.45) is 2.59. The highest BCUT2D eigenvalue weighted by molar-refractivity contribution is 5.82. The lowest BCUT2D eigenvalue weighted by Gasteiger charge is -2.20. The summed E-state index contributed by atoms with van der Waals surface area (Å²) >= 11 is 0. The van der Waals surface area contributed by atoms with Crippen LogP contribution in [0.15, 0.2) is 0 Å². The largest absolute Gasteiger partial charge is 0.480 e. The second-order valence-electron chi connectivity index (χ2n) is 5.11. The molecule has 19 heavy (non-hydrogen) atoms. The van der Waals surface area contributed by atoms with Crippen LogP contribution in [0.3, 0.4) is 0 Å². The number of rotatable bonds is 9. The van der Waals surface area contributed by atoms with E-state index in [1.807, 2.05) is 27.9 Å². The topological polar surface area (TPSA) is 81.7 Å². The molecule has 2 amide bonds. The van der Waals surface area contributed by atoms with Crippen molar-refractivity contribution in [3.05, 3.63) is 0 Å². The van der Waals surface area contributed by atoms with Crippen LogP contribution in [-0.4, -0.2) is 55.2 Å². The lowest BCUT2D eigenvalue weighted by molar-refractivity contribution is -0.140. The fourth-order valence-corrected chi connectivity index (χ4v) is 1.63. The molecule has 6 nitrogen and oxygen atoms in total. The van der Waals surface area contributed by atoms with Gasteiger partial charge >= 0.3 is 12.0 Å². The number of hydrogen-bond donors (Lipinski definition) is 3. The minimum atomic E-state index is -0.989. The molecule has 2 atom stereocenters. The Morgan fingerprint density at radius 2 is 1.89 bits per heavy atom. The van der Waals surface area contributed by atoms with Crippen LogP contribution in [0.4, 0.5) is 4.79 Å². The van der Waals surface area contributed by atoms with Crippen molar-refractivity contribution in [3.8, 4) is 0 Å². The Kier molecular flexibility index (Phi) is 8.95. The summed E-state index contributed by atoms with van der Waals surface area (Å²) in [7, 11) is 4.01. The van der Waals surface area contributed by atoms with Gasteiger partial charge in [0.05, 0.1) is 0 Å². The van der Waals surface area contributed by atoms with Crippen LogP contribution >= 0.6 is 0 Å². The van der Waals surface area contributed by atoms with Crippen LogP contribution in [0, 0.1) is 5.92 Å². The minimum absolute atomic E-state index is 0.0861. The van der Waals surface area contributed by atoms with Crippen molar-refractivity contribution < 1.29 is 14.7 Å². The van der Waals surface area contributed by atoms with Gasteiger partial charge in [0.1, 0.15) is 6.04 Å². The van der Waals surface area contributed by atoms with E-state index in [1.165, 1.54) is 0 Å². The third-order valence-electron chi connectivity index (χ3n) is 3.08. The summed E-state index contributed by atoms with van der Waals surface area (Å²) in [6.45, 7) is 5.26. The number of unbranched alkanes of at least 4 members (excludes halogenated alkanes) is 1. The van der Waals surface area contributed by atoms with E-state index >= 15 is 0 Å². The first-order valence-electron chi connectivity index (χ1n) is 6.80. The van der Waals surface area contributed by atoms with Gasteiger partial charge in [0.25, 0.3) is 0 Å². The number of aliphatic carboxylic acids is 1. The zero-order valence-electron chi connectivity index (χ0n) is 12.4. The molecule has 0 saturated carbocycles. The average Bonchev–Trinajstić information content (AvgIpc) is 2.33. The molecule has 112 valence electrons. The molecule has 0 aliphatic rings. The molecule has 0 saturated heterocycles. The fraction of sp³-hybridized carbons (Fsp3) is 0.846. The van der Waals surface area contributed by atoms with Crippen molar-refractivity contribution in [3.63, 3.8) is 0 Å². The zero-order chi connectivity index (χ0) is 14.8. The molecule has 0 spiro atoms. The van der Waals surface area contributed by atoms with Gasteiger partial charge in [-0.1, -0.05) is 20.3 Å². The first-order valence-corrected chi connectivity index (χ1v) is 6.80. The highest BCUT2D eigenvalue weighted by Gasteiger charge is 2.24. The Balaban J connectivity index is 3.91. The molecule has 6 heteroatoms. The predicted molar refractivity (Wildman–Crippen MR) is 75.2 cm³/mol. The first-order chi connectivity index (χ1) is 8.88. The molecule has 0 aliphatic heterocycles. The number of carbonyl (C=O) groups excluding carboxylic acids is 1. The monoisotopic (exact) mass is 273 g/mol. The number of urea groups is 1. The quantitative estimate of drug-likeness (QED) is 0.550. The Bertz CT molecular complexity index is 282. The maximum Gasteiger partial charge on any atom is 0.326 e. The van der Waals surface area contributed by atoms with Gasteiger partial charge in [0.2, 0.25) is 0 Å². The summed E-state index contributed by atoms with van der Waals surface area (Å²) < 4.78 is 0. The van der Waals surface area contributed by atoms with Crippen molar-refractivity contribution in [2.24, 2.45) is 5.92 Å². The SMILES string of the molecule is CCC(C)C(NC(=O)NCCCCN(C)C)C(=O)O. The molecule has 0 aliphatic carbocycles. The summed E-state index contributed by atoms with van der Waals surface area (Å²) in [5, 5.41) is 14.2. The van der Waals surface area contributed by atoms with E-state index in [9.17, 15) is 9.59 Å². The zero-order valence-corrected chi connectivity index (χ0v) is 12.4. The summed E-state index contributed by atoms with van der Waals surface area (Å²) in [5.41, 5.74) is 0. The van der Waals surface area contributed by atoms with Crippen LogP contribution in [-0.2, 0) is 4.79 Å². The van der Waals surface area contributed by atoms with Gasteiger partial charge in [0, 0.05) is 6.54 Å². The molecule has 0 heterocycles. The highest BCUT2D eigenvalue weighted by Crippen LogP contribution is 2.07. The highest BCUT2D eigenvalue weighted by atomic mass is 16.4. The van der Waals surface area contributed by atoms with E-state index in [4.69, 9.17) is 5.11 Å². The number of nitrogens with zero attached hydrogens (tertiary/aromatic N) is 1. The van der Waals surface area contributed by atoms with Crippen molar-refractivity contribution in [1.82, 2.24) is 15.5 Å². The minimum Gasteiger partial charge on any atom is -0.480 e. The predicted octanol–water partition coefficient (Wildman–Crippen LogP) is 1.13. The molecule has 0 aromatic heterocycles. The molecule has 2 unspecified atom stereocenters. The van der Waals surface area contributed by atoms with Gasteiger partial charge < -0.3 is 20.6 Å². The number of amides is 2. The van der Waals surface area contributed by atoms with Gasteiger partial charge in [-0.3, -0.25) is 0 Å². The Hall–Kier alpha value is -1.30. The normalized spacial score (nSPS) is 13.9. The van der Waals surface area contributed by atoms with E-state index in [1.54, 1.807) is 0 Å². The Morgan fingerprint density at radius 1 is 1.26 bits per heavy atom. The number of carboxylic acid groups (broad SMARTS) is 1. The lowest BCUT2D eigenvalue weighted by Crippen LogP contribution is -2.49. The molecule has 3 N–H and O–H groups in total. The average molecular weight is 273 g/mol. The molecule has 0 rings (SSSR count). The molecule has 0 fully saturated rings. The van der Waals surface area contributed by atoms with Crippen molar-refractivity contribution in [1.29, 1.82) is 0 Å². The standard InChI is InChI=1S/C13H27N3O3/c1-5-10(2)11(12(17)18)15-13(19)14-8-6-7-9-16(3)4/h10-11H,5-9H2,1-4H3,(H,17,18)(H2,14,15,19). The Morgan fingerprint density at radius 3 is 2.37 bits per heavy atom. The lowest BCUT2D eigenvalue weighted by atomic mass is 9.99. The van der Waals surface area contributed by atoms with E-state index in [0.29, 0.717) is 13.0 Å². The van der Waals surface area contributed by atoms with Crippen LogP contribution < -0.4 is 10.6 Å². The maximum atomic E-state index is 11.6. The smallest absolute Gasteiger partial charge is 0.326 e. The maximum absolute atomic E-state index is 11.6. The summed E-state index contributed by atoms with van der Waals surface area (Å²) in [5.74, 6) is -1.07. The molecule has 0 radical (unpaired) electrons. The second kappa shape index (κ2) is 9.61. The Labute approximate surface area is 115 Å². The van der Waals surface area contributed by atoms with Crippen LogP contribution in [0.2, 0.25) is 0 Å². The number of carboxylic acids is 1. The number of nitrogens with one attached hydrogen (secondary N) is 2. The van der Waals surface area contributed by atoms with Crippen LogP contribution in [0.5, 0.6) is 0 Å². The number of hydrogen-bond acceptors (Lipinski definition) is 3. The van der Waals surface area contributed by atoms with Gasteiger partial charge in [-0.15, -0.1) is 0 Å². The van der Waals surface area contributed by atoms with Crippen molar-refractivity contribution >= 4 is 12.0 Å². The van der Waals surface area contributed by atoms with E-state index < -0.39 is 18.0 Å². The first kappa shape index (κ1) is 17.7. The van der Waals surface area contributed by atoms with Gasteiger partial charge in [-0.05, 0) is 39.4 Å². The van der Waals surface area contributed by atoms with Gasteiger partial charge in [-0.25, -0.2) is 9.59 Å². The third kappa shape index (κ3) is 8.42. The van der Waals surface area contributed by atoms with Gasteiger partial charge in [0.15, 0.2) is 0 Å². The summed E-state index contributed by atoms with van der Waals surface area (Å²) in [4.78, 5) is 24.7. The van der Waals surface area contributed by atoms with E-state index in [0.717, 1.165) is 19.4 Å². The number of carbonyl (C=O) groups is 2. The molecule has 0 bridgehead atoms. The molecular weight excluding hydrogens is 246 g/mol. The molecule has 0 aromatic carbocycles. The van der Waals surface area contributed by atoms with E-state index in [2.05, 4.69) is 15.5 Å². The third-order valence-corrected chi connectivity index (χ3v) is 3.08.